The molecule has 198 valence electrons. The molecule has 1 aromatic heterocycles. The number of aryl methyl sites for hydroxylation is 1. The molecule has 9 nitrogen and oxygen atoms in total. The van der Waals surface area contributed by atoms with Gasteiger partial charge in [0.1, 0.15) is 18.4 Å². The molecule has 0 saturated carbocycles. The summed E-state index contributed by atoms with van der Waals surface area (Å²) in [4.78, 5) is 26.7. The van der Waals surface area contributed by atoms with E-state index in [0.29, 0.717) is 5.56 Å². The smallest absolute Gasteiger partial charge is 0.354 e. The Bertz CT molecular complexity index is 1230. The van der Waals surface area contributed by atoms with Crippen molar-refractivity contribution in [2.75, 3.05) is 13.7 Å². The predicted molar refractivity (Wildman–Crippen MR) is 143 cm³/mol. The van der Waals surface area contributed by atoms with E-state index in [9.17, 15) is 14.2 Å². The molecule has 2 heterocycles. The van der Waals surface area contributed by atoms with Gasteiger partial charge in [0.15, 0.2) is 8.32 Å². The van der Waals surface area contributed by atoms with Gasteiger partial charge in [-0.2, -0.15) is 0 Å². The Kier molecular flexibility index (Phi) is 8.81. The highest BCUT2D eigenvalue weighted by molar-refractivity contribution is 7.57. The molecular formula is C25H37N2O7PSi. The number of rotatable bonds is 9. The van der Waals surface area contributed by atoms with Crippen molar-refractivity contribution in [2.24, 2.45) is 0 Å². The lowest BCUT2D eigenvalue weighted by Gasteiger charge is -2.37. The minimum atomic E-state index is -3.65. The maximum atomic E-state index is 13.5. The van der Waals surface area contributed by atoms with E-state index in [4.69, 9.17) is 18.2 Å². The van der Waals surface area contributed by atoms with Gasteiger partial charge in [-0.3, -0.25) is 23.4 Å². The quantitative estimate of drug-likeness (QED) is 0.353. The summed E-state index contributed by atoms with van der Waals surface area (Å²) in [6.07, 6.45) is 1.37. The van der Waals surface area contributed by atoms with Crippen LogP contribution in [0.3, 0.4) is 0 Å². The molecule has 1 saturated heterocycles. The van der Waals surface area contributed by atoms with Crippen molar-refractivity contribution < 1.29 is 22.8 Å². The van der Waals surface area contributed by atoms with Crippen molar-refractivity contribution in [2.45, 2.75) is 70.7 Å². The highest BCUT2D eigenvalue weighted by Crippen LogP contribution is 2.53. The Labute approximate surface area is 213 Å². The van der Waals surface area contributed by atoms with Gasteiger partial charge in [0.05, 0.1) is 6.61 Å². The van der Waals surface area contributed by atoms with E-state index in [1.165, 1.54) is 23.7 Å². The molecule has 3 rings (SSSR count). The molecule has 1 N–H and O–H groups in total. The zero-order valence-corrected chi connectivity index (χ0v) is 23.9. The number of aromatic amines is 1. The van der Waals surface area contributed by atoms with E-state index in [-0.39, 0.29) is 18.1 Å². The third-order valence-electron chi connectivity index (χ3n) is 6.84. The van der Waals surface area contributed by atoms with Gasteiger partial charge in [0, 0.05) is 31.1 Å². The fourth-order valence-corrected chi connectivity index (χ4v) is 5.75. The normalized spacial score (nSPS) is 22.7. The van der Waals surface area contributed by atoms with Crippen LogP contribution in [0.1, 0.15) is 44.5 Å². The lowest BCUT2D eigenvalue weighted by molar-refractivity contribution is -0.0406. The molecule has 0 bridgehead atoms. The molecule has 0 amide bonds. The van der Waals surface area contributed by atoms with Crippen molar-refractivity contribution in [3.05, 3.63) is 74.3 Å². The van der Waals surface area contributed by atoms with Crippen LogP contribution < -0.4 is 11.2 Å². The minimum absolute atomic E-state index is 0.0193. The van der Waals surface area contributed by atoms with E-state index < -0.39 is 45.6 Å². The molecule has 1 aliphatic heterocycles. The monoisotopic (exact) mass is 536 g/mol. The first-order valence-electron chi connectivity index (χ1n) is 11.9. The van der Waals surface area contributed by atoms with E-state index in [2.05, 4.69) is 38.8 Å². The zero-order chi connectivity index (χ0) is 26.7. The van der Waals surface area contributed by atoms with Gasteiger partial charge < -0.3 is 13.7 Å². The Morgan fingerprint density at radius 1 is 1.22 bits per heavy atom. The van der Waals surface area contributed by atoms with Crippen molar-refractivity contribution in [3.8, 4) is 0 Å². The molecule has 0 spiro atoms. The second-order valence-electron chi connectivity index (χ2n) is 10.5. The molecule has 1 unspecified atom stereocenters. The van der Waals surface area contributed by atoms with Crippen LogP contribution in [0.5, 0.6) is 0 Å². The molecule has 4 atom stereocenters. The summed E-state index contributed by atoms with van der Waals surface area (Å²) >= 11 is 0. The van der Waals surface area contributed by atoms with Crippen molar-refractivity contribution in [1.29, 1.82) is 0 Å². The number of hydrogen-bond acceptors (Lipinski definition) is 7. The van der Waals surface area contributed by atoms with Crippen LogP contribution in [-0.4, -0.2) is 43.8 Å². The molecule has 2 aromatic rings. The number of nitrogens with zero attached hydrogens (tertiary/aromatic N) is 1. The van der Waals surface area contributed by atoms with E-state index in [1.54, 1.807) is 13.0 Å². The van der Waals surface area contributed by atoms with Gasteiger partial charge in [-0.05, 0) is 36.7 Å². The molecule has 1 fully saturated rings. The standard InChI is InChI=1S/C25H37N2O7PSi/c1-18-16-27(24(29)26-23(18)28)22-15-20(21(33-22)17-32-36(6,7)25(2,3)4)34-35(30,31-5)14-13-19-11-9-8-10-12-19/h8-14,16,20-22H,15,17H2,1-7H3,(H,26,28,29)/b14-13+/t20-,21+,22+,35?/m0/s1. The molecule has 1 aromatic carbocycles. The molecule has 36 heavy (non-hydrogen) atoms. The lowest BCUT2D eigenvalue weighted by Crippen LogP contribution is -2.44. The SMILES string of the molecule is COP(=O)(/C=C/c1ccccc1)O[C@H]1C[C@H](n2cc(C)c(=O)[nH]c2=O)O[C@@H]1CO[Si](C)(C)C(C)(C)C. The number of aromatic nitrogens is 2. The van der Waals surface area contributed by atoms with Crippen LogP contribution in [0.25, 0.3) is 6.08 Å². The Balaban J connectivity index is 1.88. The van der Waals surface area contributed by atoms with Gasteiger partial charge >= 0.3 is 13.3 Å². The highest BCUT2D eigenvalue weighted by atomic mass is 31.2. The summed E-state index contributed by atoms with van der Waals surface area (Å²) in [5.41, 5.74) is 0.200. The topological polar surface area (TPSA) is 109 Å². The summed E-state index contributed by atoms with van der Waals surface area (Å²) in [5.74, 6) is 1.43. The Morgan fingerprint density at radius 2 is 1.89 bits per heavy atom. The fourth-order valence-electron chi connectivity index (χ4n) is 3.51. The first-order valence-corrected chi connectivity index (χ1v) is 16.5. The summed E-state index contributed by atoms with van der Waals surface area (Å²) in [6.45, 7) is 12.5. The summed E-state index contributed by atoms with van der Waals surface area (Å²) in [5, 5.41) is -0.0193. The Morgan fingerprint density at radius 3 is 2.50 bits per heavy atom. The minimum Gasteiger partial charge on any atom is -0.414 e. The third kappa shape index (κ3) is 6.82. The third-order valence-corrected chi connectivity index (χ3v) is 12.9. The summed E-state index contributed by atoms with van der Waals surface area (Å²) in [7, 11) is -4.44. The van der Waals surface area contributed by atoms with Crippen LogP contribution in [0.4, 0.5) is 0 Å². The van der Waals surface area contributed by atoms with Gasteiger partial charge in [-0.1, -0.05) is 51.1 Å². The molecular weight excluding hydrogens is 499 g/mol. The number of H-pyrrole nitrogens is 1. The van der Waals surface area contributed by atoms with Crippen LogP contribution in [-0.2, 0) is 22.8 Å². The first-order chi connectivity index (χ1) is 16.7. The second-order valence-corrected chi connectivity index (χ2v) is 17.3. The van der Waals surface area contributed by atoms with Crippen LogP contribution in [0.15, 0.2) is 51.9 Å². The largest absolute Gasteiger partial charge is 0.414 e. The summed E-state index contributed by atoms with van der Waals surface area (Å²) < 4.78 is 38.8. The van der Waals surface area contributed by atoms with Crippen molar-refractivity contribution in [1.82, 2.24) is 9.55 Å². The number of benzene rings is 1. The predicted octanol–water partition coefficient (Wildman–Crippen LogP) is 5.05. The van der Waals surface area contributed by atoms with Gasteiger partial charge in [0.25, 0.3) is 5.56 Å². The first kappa shape index (κ1) is 28.5. The highest BCUT2D eigenvalue weighted by Gasteiger charge is 2.44. The molecule has 1 aliphatic rings. The molecule has 0 radical (unpaired) electrons. The summed E-state index contributed by atoms with van der Waals surface area (Å²) in [6, 6.07) is 9.42. The van der Waals surface area contributed by atoms with E-state index in [1.807, 2.05) is 30.3 Å². The Hall–Kier alpha value is -2.07. The van der Waals surface area contributed by atoms with Crippen LogP contribution >= 0.6 is 7.60 Å². The zero-order valence-electron chi connectivity index (χ0n) is 22.0. The number of hydrogen-bond donors (Lipinski definition) is 1. The molecule has 0 aliphatic carbocycles. The fraction of sp³-hybridized carbons (Fsp3) is 0.520. The average Bonchev–Trinajstić information content (AvgIpc) is 3.20. The van der Waals surface area contributed by atoms with E-state index >= 15 is 0 Å². The molecule has 11 heteroatoms. The van der Waals surface area contributed by atoms with E-state index in [0.717, 1.165) is 5.56 Å². The van der Waals surface area contributed by atoms with Crippen LogP contribution in [0, 0.1) is 6.92 Å². The van der Waals surface area contributed by atoms with Crippen molar-refractivity contribution in [3.63, 3.8) is 0 Å². The average molecular weight is 537 g/mol. The van der Waals surface area contributed by atoms with Gasteiger partial charge in [-0.15, -0.1) is 0 Å². The second kappa shape index (κ2) is 11.1. The lowest BCUT2D eigenvalue weighted by atomic mass is 10.2. The van der Waals surface area contributed by atoms with Gasteiger partial charge in [0.2, 0.25) is 0 Å². The maximum Gasteiger partial charge on any atom is 0.354 e. The van der Waals surface area contributed by atoms with Gasteiger partial charge in [-0.25, -0.2) is 4.79 Å². The number of nitrogens with one attached hydrogen (secondary N) is 1. The maximum absolute atomic E-state index is 13.5. The number of ether oxygens (including phenoxy) is 1. The van der Waals surface area contributed by atoms with Crippen molar-refractivity contribution >= 4 is 22.0 Å². The van der Waals surface area contributed by atoms with Crippen LogP contribution in [0.2, 0.25) is 18.1 Å².